The van der Waals surface area contributed by atoms with Gasteiger partial charge in [-0.25, -0.2) is 0 Å². The second kappa shape index (κ2) is 10.9. The molecule has 0 aromatic heterocycles. The third kappa shape index (κ3) is 10.9. The summed E-state index contributed by atoms with van der Waals surface area (Å²) in [7, 11) is 0. The minimum Gasteiger partial charge on any atom is -0.346 e. The van der Waals surface area contributed by atoms with Crippen LogP contribution >= 0.6 is 0 Å². The number of hydrogen-bond donors (Lipinski definition) is 2. The monoisotopic (exact) mass is 188 g/mol. The first-order valence-electron chi connectivity index (χ1n) is 4.74. The van der Waals surface area contributed by atoms with Gasteiger partial charge in [-0.3, -0.25) is 9.59 Å². The molecule has 0 unspecified atom stereocenters. The average molecular weight is 188 g/mol. The summed E-state index contributed by atoms with van der Waals surface area (Å²) in [6.45, 7) is 8.50. The van der Waals surface area contributed by atoms with E-state index in [4.69, 9.17) is 0 Å². The first kappa shape index (κ1) is 14.5. The molecule has 0 saturated carbocycles. The third-order valence-electron chi connectivity index (χ3n) is 0.892. The quantitative estimate of drug-likeness (QED) is 0.587. The number of rotatable bonds is 0. The van der Waals surface area contributed by atoms with Crippen molar-refractivity contribution in [1.82, 2.24) is 10.6 Å². The van der Waals surface area contributed by atoms with E-state index >= 15 is 0 Å². The van der Waals surface area contributed by atoms with E-state index in [9.17, 15) is 9.59 Å². The lowest BCUT2D eigenvalue weighted by atomic mass is 10.4. The van der Waals surface area contributed by atoms with Crippen molar-refractivity contribution in [3.63, 3.8) is 0 Å². The minimum absolute atomic E-state index is 0.121. The predicted octanol–water partition coefficient (Wildman–Crippen LogP) is 0.675. The van der Waals surface area contributed by atoms with Gasteiger partial charge < -0.3 is 10.6 Å². The van der Waals surface area contributed by atoms with Crippen LogP contribution in [0, 0.1) is 0 Å². The highest BCUT2D eigenvalue weighted by Crippen LogP contribution is 1.72. The molecule has 1 saturated heterocycles. The van der Waals surface area contributed by atoms with E-state index in [1.807, 2.05) is 13.8 Å². The summed E-state index contributed by atoms with van der Waals surface area (Å²) in [5.74, 6) is -0.241. The van der Waals surface area contributed by atoms with Gasteiger partial charge in [0.25, 0.3) is 0 Å². The van der Waals surface area contributed by atoms with Gasteiger partial charge in [0.05, 0.1) is 13.1 Å². The predicted molar refractivity (Wildman–Crippen MR) is 53.3 cm³/mol. The molecule has 2 amide bonds. The Hall–Kier alpha value is -1.06. The molecule has 4 nitrogen and oxygen atoms in total. The van der Waals surface area contributed by atoms with E-state index < -0.39 is 0 Å². The maximum absolute atomic E-state index is 10.3. The molecule has 1 heterocycles. The Morgan fingerprint density at radius 2 is 1.23 bits per heavy atom. The van der Waals surface area contributed by atoms with Crippen LogP contribution < -0.4 is 10.6 Å². The van der Waals surface area contributed by atoms with E-state index in [2.05, 4.69) is 24.5 Å². The van der Waals surface area contributed by atoms with E-state index in [0.717, 1.165) is 0 Å². The Morgan fingerprint density at radius 1 is 1.00 bits per heavy atom. The zero-order chi connectivity index (χ0) is 10.7. The van der Waals surface area contributed by atoms with Crippen LogP contribution in [-0.2, 0) is 9.59 Å². The van der Waals surface area contributed by atoms with Gasteiger partial charge in [0.2, 0.25) is 11.8 Å². The fraction of sp³-hybridized carbons (Fsp3) is 0.778. The molecule has 4 heteroatoms. The summed E-state index contributed by atoms with van der Waals surface area (Å²) in [5.41, 5.74) is 0. The van der Waals surface area contributed by atoms with Gasteiger partial charge in [-0.05, 0) is 0 Å². The van der Waals surface area contributed by atoms with Crippen molar-refractivity contribution >= 4 is 11.8 Å². The number of piperazine rings is 1. The molecule has 0 aromatic carbocycles. The van der Waals surface area contributed by atoms with Crippen LogP contribution in [0.1, 0.15) is 34.1 Å². The molecule has 1 aliphatic heterocycles. The maximum atomic E-state index is 10.3. The molecule has 1 fully saturated rings. The van der Waals surface area contributed by atoms with Crippen LogP contribution in [0.5, 0.6) is 0 Å². The Balaban J connectivity index is 0. The van der Waals surface area contributed by atoms with E-state index in [1.54, 1.807) is 0 Å². The largest absolute Gasteiger partial charge is 0.346 e. The number of nitrogens with one attached hydrogen (secondary N) is 2. The lowest BCUT2D eigenvalue weighted by molar-refractivity contribution is -0.130. The second-order valence-corrected chi connectivity index (χ2v) is 2.26. The molecule has 0 aliphatic carbocycles. The van der Waals surface area contributed by atoms with Crippen LogP contribution in [0.15, 0.2) is 0 Å². The topological polar surface area (TPSA) is 58.2 Å². The number of amides is 2. The van der Waals surface area contributed by atoms with Gasteiger partial charge in [0.1, 0.15) is 0 Å². The minimum atomic E-state index is -0.121. The Morgan fingerprint density at radius 3 is 1.38 bits per heavy atom. The van der Waals surface area contributed by atoms with Crippen LogP contribution in [0.4, 0.5) is 0 Å². The highest BCUT2D eigenvalue weighted by molar-refractivity contribution is 5.92. The van der Waals surface area contributed by atoms with Crippen LogP contribution in [-0.4, -0.2) is 24.9 Å². The zero-order valence-corrected chi connectivity index (χ0v) is 8.94. The van der Waals surface area contributed by atoms with Crippen LogP contribution in [0.25, 0.3) is 0 Å². The zero-order valence-electron chi connectivity index (χ0n) is 8.94. The van der Waals surface area contributed by atoms with E-state index in [0.29, 0.717) is 0 Å². The Kier molecular flexibility index (Phi) is 12.2. The van der Waals surface area contributed by atoms with Gasteiger partial charge in [-0.1, -0.05) is 34.1 Å². The van der Waals surface area contributed by atoms with Gasteiger partial charge in [0.15, 0.2) is 0 Å². The van der Waals surface area contributed by atoms with Gasteiger partial charge in [-0.2, -0.15) is 0 Å². The summed E-state index contributed by atoms with van der Waals surface area (Å²) >= 11 is 0. The van der Waals surface area contributed by atoms with Gasteiger partial charge in [-0.15, -0.1) is 0 Å². The van der Waals surface area contributed by atoms with Gasteiger partial charge in [0, 0.05) is 0 Å². The smallest absolute Gasteiger partial charge is 0.239 e. The van der Waals surface area contributed by atoms with Crippen molar-refractivity contribution in [1.29, 1.82) is 0 Å². The highest BCUT2D eigenvalue weighted by Gasteiger charge is 2.11. The maximum Gasteiger partial charge on any atom is 0.239 e. The summed E-state index contributed by atoms with van der Waals surface area (Å²) < 4.78 is 0. The molecule has 0 radical (unpaired) electrons. The van der Waals surface area contributed by atoms with Crippen LogP contribution in [0.3, 0.4) is 0 Å². The molecule has 78 valence electrons. The molecule has 1 aliphatic rings. The summed E-state index contributed by atoms with van der Waals surface area (Å²) in [5, 5.41) is 4.76. The fourth-order valence-corrected chi connectivity index (χ4v) is 0.483. The molecule has 0 atom stereocenters. The second-order valence-electron chi connectivity index (χ2n) is 2.26. The Bertz CT molecular complexity index is 119. The van der Waals surface area contributed by atoms with Gasteiger partial charge >= 0.3 is 0 Å². The van der Waals surface area contributed by atoms with Crippen molar-refractivity contribution in [2.24, 2.45) is 0 Å². The molecule has 0 bridgehead atoms. The fourth-order valence-electron chi connectivity index (χ4n) is 0.483. The van der Waals surface area contributed by atoms with Crippen molar-refractivity contribution in [3.05, 3.63) is 0 Å². The number of hydrogen-bond acceptors (Lipinski definition) is 2. The van der Waals surface area contributed by atoms with Crippen molar-refractivity contribution < 1.29 is 9.59 Å². The summed E-state index contributed by atoms with van der Waals surface area (Å²) in [6.07, 6.45) is 1.25. The number of carbonyl (C=O) groups excluding carboxylic acids is 2. The highest BCUT2D eigenvalue weighted by atomic mass is 16.2. The molecule has 0 spiro atoms. The lowest BCUT2D eigenvalue weighted by Crippen LogP contribution is -2.48. The molecular formula is C9H20N2O2. The van der Waals surface area contributed by atoms with E-state index in [1.165, 1.54) is 6.42 Å². The van der Waals surface area contributed by atoms with Crippen LogP contribution in [0.2, 0.25) is 0 Å². The molecule has 2 N–H and O–H groups in total. The van der Waals surface area contributed by atoms with Crippen molar-refractivity contribution in [2.75, 3.05) is 13.1 Å². The normalized spacial score (nSPS) is 13.8. The average Bonchev–Trinajstić information content (AvgIpc) is 2.15. The standard InChI is InChI=1S/C4H6N2O2.C3H8.C2H6/c7-3-1-5-4(8)2-6-3;1-3-2;1-2/h1-2H2,(H,5,8)(H,6,7);3H2,1-2H3;1-2H3. The first-order valence-corrected chi connectivity index (χ1v) is 4.74. The van der Waals surface area contributed by atoms with Crippen molar-refractivity contribution in [3.8, 4) is 0 Å². The van der Waals surface area contributed by atoms with Crippen molar-refractivity contribution in [2.45, 2.75) is 34.1 Å². The number of carbonyl (C=O) groups is 2. The summed E-state index contributed by atoms with van der Waals surface area (Å²) in [4.78, 5) is 20.6. The molecular weight excluding hydrogens is 168 g/mol. The lowest BCUT2D eigenvalue weighted by Gasteiger charge is -2.10. The summed E-state index contributed by atoms with van der Waals surface area (Å²) in [6, 6.07) is 0. The molecule has 0 aromatic rings. The Labute approximate surface area is 80.1 Å². The molecule has 1 rings (SSSR count). The SMILES string of the molecule is CC.CCC.O=C1CNC(=O)CN1. The third-order valence-corrected chi connectivity index (χ3v) is 0.892. The molecule has 13 heavy (non-hydrogen) atoms. The first-order chi connectivity index (χ1) is 6.20. The van der Waals surface area contributed by atoms with E-state index in [-0.39, 0.29) is 24.9 Å².